The Morgan fingerprint density at radius 3 is 2.35 bits per heavy atom. The standard InChI is InChI=1S/C15H26OS/c1-4-5-6-7-8-9-10-14(16)15-11-12(2)13(3)17-15/h11,14,16H,4-10H2,1-3H3. The maximum atomic E-state index is 10.1. The van der Waals surface area contributed by atoms with Crippen LogP contribution in [0.2, 0.25) is 0 Å². The van der Waals surface area contributed by atoms with E-state index < -0.39 is 0 Å². The van der Waals surface area contributed by atoms with Crippen LogP contribution in [0.15, 0.2) is 6.07 Å². The van der Waals surface area contributed by atoms with Crippen molar-refractivity contribution in [3.63, 3.8) is 0 Å². The second kappa shape index (κ2) is 7.88. The van der Waals surface area contributed by atoms with E-state index in [2.05, 4.69) is 26.8 Å². The van der Waals surface area contributed by atoms with Crippen molar-refractivity contribution in [1.29, 1.82) is 0 Å². The molecule has 2 heteroatoms. The van der Waals surface area contributed by atoms with Gasteiger partial charge in [-0.1, -0.05) is 45.4 Å². The highest BCUT2D eigenvalue weighted by atomic mass is 32.1. The molecule has 1 unspecified atom stereocenters. The van der Waals surface area contributed by atoms with Crippen LogP contribution in [0.4, 0.5) is 0 Å². The van der Waals surface area contributed by atoms with Gasteiger partial charge in [-0.25, -0.2) is 0 Å². The Morgan fingerprint density at radius 2 is 1.76 bits per heavy atom. The summed E-state index contributed by atoms with van der Waals surface area (Å²) in [5.74, 6) is 0. The molecular weight excluding hydrogens is 228 g/mol. The van der Waals surface area contributed by atoms with Crippen LogP contribution in [0.25, 0.3) is 0 Å². The van der Waals surface area contributed by atoms with Crippen LogP contribution in [0.3, 0.4) is 0 Å². The maximum absolute atomic E-state index is 10.1. The van der Waals surface area contributed by atoms with Gasteiger partial charge < -0.3 is 5.11 Å². The summed E-state index contributed by atoms with van der Waals surface area (Å²) in [4.78, 5) is 2.48. The molecule has 1 aromatic rings. The SMILES string of the molecule is CCCCCCCCC(O)c1cc(C)c(C)s1. The van der Waals surface area contributed by atoms with Crippen molar-refractivity contribution in [3.05, 3.63) is 21.4 Å². The van der Waals surface area contributed by atoms with E-state index in [1.165, 1.54) is 42.5 Å². The molecule has 1 aromatic heterocycles. The first-order chi connectivity index (χ1) is 8.15. The van der Waals surface area contributed by atoms with Crippen molar-refractivity contribution in [2.75, 3.05) is 0 Å². The average molecular weight is 254 g/mol. The molecule has 1 nitrogen and oxygen atoms in total. The summed E-state index contributed by atoms with van der Waals surface area (Å²) in [6.45, 7) is 6.49. The molecule has 1 heterocycles. The minimum atomic E-state index is -0.237. The molecular formula is C15H26OS. The lowest BCUT2D eigenvalue weighted by Gasteiger charge is -2.07. The zero-order valence-electron chi connectivity index (χ0n) is 11.5. The minimum Gasteiger partial charge on any atom is -0.388 e. The van der Waals surface area contributed by atoms with Crippen LogP contribution < -0.4 is 0 Å². The van der Waals surface area contributed by atoms with Crippen molar-refractivity contribution < 1.29 is 5.11 Å². The van der Waals surface area contributed by atoms with E-state index >= 15 is 0 Å². The first-order valence-electron chi connectivity index (χ1n) is 6.90. The molecule has 0 aliphatic heterocycles. The minimum absolute atomic E-state index is 0.237. The predicted octanol–water partition coefficient (Wildman–Crippen LogP) is 5.15. The van der Waals surface area contributed by atoms with Crippen LogP contribution in [-0.2, 0) is 0 Å². The number of hydrogen-bond donors (Lipinski definition) is 1. The maximum Gasteiger partial charge on any atom is 0.0882 e. The van der Waals surface area contributed by atoms with Crippen molar-refractivity contribution in [2.24, 2.45) is 0 Å². The quantitative estimate of drug-likeness (QED) is 0.636. The third kappa shape index (κ3) is 5.22. The molecule has 0 aromatic carbocycles. The molecule has 0 amide bonds. The molecule has 1 atom stereocenters. The van der Waals surface area contributed by atoms with Gasteiger partial charge in [-0.2, -0.15) is 0 Å². The van der Waals surface area contributed by atoms with Crippen molar-refractivity contribution in [2.45, 2.75) is 71.8 Å². The average Bonchev–Trinajstić information content (AvgIpc) is 2.64. The fourth-order valence-electron chi connectivity index (χ4n) is 2.03. The normalized spacial score (nSPS) is 12.9. The molecule has 0 aliphatic carbocycles. The van der Waals surface area contributed by atoms with Gasteiger partial charge in [-0.3, -0.25) is 0 Å². The van der Waals surface area contributed by atoms with E-state index in [4.69, 9.17) is 0 Å². The van der Waals surface area contributed by atoms with Gasteiger partial charge in [0.05, 0.1) is 6.10 Å². The van der Waals surface area contributed by atoms with Crippen LogP contribution in [0.5, 0.6) is 0 Å². The first-order valence-corrected chi connectivity index (χ1v) is 7.71. The summed E-state index contributed by atoms with van der Waals surface area (Å²) < 4.78 is 0. The molecule has 0 radical (unpaired) electrons. The van der Waals surface area contributed by atoms with E-state index in [-0.39, 0.29) is 6.10 Å². The molecule has 98 valence electrons. The number of aliphatic hydroxyl groups is 1. The molecule has 0 fully saturated rings. The van der Waals surface area contributed by atoms with Gasteiger partial charge in [0, 0.05) is 9.75 Å². The molecule has 17 heavy (non-hydrogen) atoms. The lowest BCUT2D eigenvalue weighted by Crippen LogP contribution is -1.94. The highest BCUT2D eigenvalue weighted by Crippen LogP contribution is 2.29. The lowest BCUT2D eigenvalue weighted by molar-refractivity contribution is 0.167. The molecule has 0 saturated heterocycles. The molecule has 0 spiro atoms. The van der Waals surface area contributed by atoms with E-state index in [0.29, 0.717) is 0 Å². The van der Waals surface area contributed by atoms with Gasteiger partial charge in [0.1, 0.15) is 0 Å². The summed E-state index contributed by atoms with van der Waals surface area (Å²) in [5.41, 5.74) is 1.31. The van der Waals surface area contributed by atoms with Crippen molar-refractivity contribution in [3.8, 4) is 0 Å². The molecule has 1 rings (SSSR count). The topological polar surface area (TPSA) is 20.2 Å². The number of aryl methyl sites for hydroxylation is 2. The number of thiophene rings is 1. The van der Waals surface area contributed by atoms with E-state index in [1.54, 1.807) is 11.3 Å². The zero-order valence-corrected chi connectivity index (χ0v) is 12.3. The smallest absolute Gasteiger partial charge is 0.0882 e. The number of hydrogen-bond acceptors (Lipinski definition) is 2. The van der Waals surface area contributed by atoms with Gasteiger partial charge >= 0.3 is 0 Å². The highest BCUT2D eigenvalue weighted by molar-refractivity contribution is 7.12. The van der Waals surface area contributed by atoms with E-state index in [0.717, 1.165) is 17.7 Å². The molecule has 0 aliphatic rings. The number of aliphatic hydroxyl groups excluding tert-OH is 1. The monoisotopic (exact) mass is 254 g/mol. The Hall–Kier alpha value is -0.340. The second-order valence-electron chi connectivity index (χ2n) is 4.96. The molecule has 0 saturated carbocycles. The fraction of sp³-hybridized carbons (Fsp3) is 0.733. The van der Waals surface area contributed by atoms with Gasteiger partial charge in [0.25, 0.3) is 0 Å². The second-order valence-corrected chi connectivity index (χ2v) is 6.25. The van der Waals surface area contributed by atoms with E-state index in [9.17, 15) is 5.11 Å². The largest absolute Gasteiger partial charge is 0.388 e. The summed E-state index contributed by atoms with van der Waals surface area (Å²) >= 11 is 1.74. The Morgan fingerprint density at radius 1 is 1.12 bits per heavy atom. The predicted molar refractivity (Wildman–Crippen MR) is 76.7 cm³/mol. The third-order valence-corrected chi connectivity index (χ3v) is 4.60. The van der Waals surface area contributed by atoms with Gasteiger partial charge in [0.2, 0.25) is 0 Å². The first kappa shape index (κ1) is 14.7. The Bertz CT molecular complexity index is 297. The van der Waals surface area contributed by atoms with Gasteiger partial charge in [-0.05, 0) is 31.9 Å². The summed E-state index contributed by atoms with van der Waals surface area (Å²) in [6, 6.07) is 2.14. The van der Waals surface area contributed by atoms with Gasteiger partial charge in [-0.15, -0.1) is 11.3 Å². The van der Waals surface area contributed by atoms with Crippen LogP contribution >= 0.6 is 11.3 Å². The number of rotatable bonds is 8. The number of unbranched alkanes of at least 4 members (excludes halogenated alkanes) is 5. The van der Waals surface area contributed by atoms with Gasteiger partial charge in [0.15, 0.2) is 0 Å². The molecule has 0 bridgehead atoms. The Kier molecular flexibility index (Phi) is 6.83. The van der Waals surface area contributed by atoms with Crippen LogP contribution in [-0.4, -0.2) is 5.11 Å². The van der Waals surface area contributed by atoms with Crippen molar-refractivity contribution in [1.82, 2.24) is 0 Å². The highest BCUT2D eigenvalue weighted by Gasteiger charge is 2.11. The van der Waals surface area contributed by atoms with E-state index in [1.807, 2.05) is 0 Å². The Labute approximate surface area is 110 Å². The summed E-state index contributed by atoms with van der Waals surface area (Å²) in [6.07, 6.45) is 8.43. The lowest BCUT2D eigenvalue weighted by atomic mass is 10.1. The summed E-state index contributed by atoms with van der Waals surface area (Å²) in [7, 11) is 0. The van der Waals surface area contributed by atoms with Crippen molar-refractivity contribution >= 4 is 11.3 Å². The molecule has 1 N–H and O–H groups in total. The Balaban J connectivity index is 2.19. The van der Waals surface area contributed by atoms with Crippen LogP contribution in [0, 0.1) is 13.8 Å². The zero-order chi connectivity index (χ0) is 12.7. The van der Waals surface area contributed by atoms with Crippen LogP contribution in [0.1, 0.15) is 73.3 Å². The third-order valence-electron chi connectivity index (χ3n) is 3.34. The summed E-state index contributed by atoms with van der Waals surface area (Å²) in [5, 5.41) is 10.1. The fourth-order valence-corrected chi connectivity index (χ4v) is 3.09.